The molecule has 0 saturated carbocycles. The minimum Gasteiger partial charge on any atom is -0.490 e. The van der Waals surface area contributed by atoms with Gasteiger partial charge in [0.25, 0.3) is 0 Å². The smallest absolute Gasteiger partial charge is 0.223 e. The molecule has 0 aliphatic carbocycles. The molecular formula is C32H59Cl2N3O7. The summed E-state index contributed by atoms with van der Waals surface area (Å²) < 4.78 is 17.1. The zero-order valence-corrected chi connectivity index (χ0v) is 28.8. The van der Waals surface area contributed by atoms with E-state index in [0.717, 1.165) is 44.8 Å². The summed E-state index contributed by atoms with van der Waals surface area (Å²) in [7, 11) is 0. The molecule has 1 aromatic carbocycles. The molecule has 1 aliphatic rings. The van der Waals surface area contributed by atoms with Crippen LogP contribution in [0.1, 0.15) is 58.9 Å². The van der Waals surface area contributed by atoms with Gasteiger partial charge in [-0.3, -0.25) is 9.69 Å². The molecule has 0 aromatic heterocycles. The van der Waals surface area contributed by atoms with E-state index in [0.29, 0.717) is 62.9 Å². The number of nitrogens with one attached hydrogen (secondary N) is 1. The Morgan fingerprint density at radius 2 is 1.59 bits per heavy atom. The van der Waals surface area contributed by atoms with Crippen LogP contribution in [0.25, 0.3) is 0 Å². The first-order valence-corrected chi connectivity index (χ1v) is 15.8. The fourth-order valence-corrected chi connectivity index (χ4v) is 5.22. The van der Waals surface area contributed by atoms with Crippen LogP contribution < -0.4 is 20.5 Å². The Morgan fingerprint density at radius 1 is 0.977 bits per heavy atom. The highest BCUT2D eigenvalue weighted by molar-refractivity contribution is 5.85. The summed E-state index contributed by atoms with van der Waals surface area (Å²) in [5, 5.41) is 32.4. The maximum atomic E-state index is 13.0. The van der Waals surface area contributed by atoms with Gasteiger partial charge < -0.3 is 40.6 Å². The minimum absolute atomic E-state index is 0. The van der Waals surface area contributed by atoms with Crippen LogP contribution in [0.3, 0.4) is 0 Å². The Hall–Kier alpha value is -1.37. The third kappa shape index (κ3) is 15.8. The van der Waals surface area contributed by atoms with Crippen molar-refractivity contribution >= 4 is 30.7 Å². The van der Waals surface area contributed by atoms with E-state index < -0.39 is 12.1 Å². The lowest BCUT2D eigenvalue weighted by Gasteiger charge is -2.30. The van der Waals surface area contributed by atoms with E-state index in [1.807, 2.05) is 32.0 Å². The molecule has 0 unspecified atom stereocenters. The molecule has 6 N–H and O–H groups in total. The van der Waals surface area contributed by atoms with Gasteiger partial charge in [-0.15, -0.1) is 24.8 Å². The van der Waals surface area contributed by atoms with Crippen LogP contribution in [0.15, 0.2) is 18.2 Å². The Kier molecular flexibility index (Phi) is 23.1. The quantitative estimate of drug-likeness (QED) is 0.125. The molecule has 0 radical (unpaired) electrons. The van der Waals surface area contributed by atoms with Crippen molar-refractivity contribution in [2.75, 3.05) is 65.8 Å². The Bertz CT molecular complexity index is 891. The Labute approximate surface area is 277 Å². The van der Waals surface area contributed by atoms with Crippen LogP contribution in [0.4, 0.5) is 0 Å². The van der Waals surface area contributed by atoms with Gasteiger partial charge in [-0.05, 0) is 54.7 Å². The van der Waals surface area contributed by atoms with Gasteiger partial charge in [0, 0.05) is 64.2 Å². The van der Waals surface area contributed by atoms with E-state index in [1.165, 1.54) is 0 Å². The largest absolute Gasteiger partial charge is 0.490 e. The SMILES string of the molecule is CC(C)[C@@H](Cc1ccc(OCCCO)c(OCCCO)c1)C[C@H](N)[C@@H](O)C[C@H](C(=O)NCCN1CCOCC1)C(C)C.Cl.Cl. The Balaban J connectivity index is 0.00000924. The summed E-state index contributed by atoms with van der Waals surface area (Å²) >= 11 is 0. The monoisotopic (exact) mass is 667 g/mol. The fourth-order valence-electron chi connectivity index (χ4n) is 5.22. The topological polar surface area (TPSA) is 147 Å². The average Bonchev–Trinajstić information content (AvgIpc) is 2.96. The highest BCUT2D eigenvalue weighted by Gasteiger charge is 2.30. The number of hydrogen-bond donors (Lipinski definition) is 5. The first-order valence-electron chi connectivity index (χ1n) is 15.8. The number of morpholine rings is 1. The normalized spacial score (nSPS) is 16.4. The summed E-state index contributed by atoms with van der Waals surface area (Å²) in [6.07, 6.45) is 1.96. The summed E-state index contributed by atoms with van der Waals surface area (Å²) in [5.74, 6) is 1.50. The Morgan fingerprint density at radius 3 is 2.16 bits per heavy atom. The van der Waals surface area contributed by atoms with Gasteiger partial charge >= 0.3 is 0 Å². The number of halogens is 2. The fraction of sp³-hybridized carbons (Fsp3) is 0.781. The van der Waals surface area contributed by atoms with Crippen molar-refractivity contribution < 1.29 is 34.3 Å². The zero-order valence-electron chi connectivity index (χ0n) is 27.1. The first kappa shape index (κ1) is 42.6. The van der Waals surface area contributed by atoms with E-state index in [2.05, 4.69) is 24.1 Å². The van der Waals surface area contributed by atoms with Crippen LogP contribution in [0.2, 0.25) is 0 Å². The van der Waals surface area contributed by atoms with Crippen molar-refractivity contribution in [3.05, 3.63) is 23.8 Å². The van der Waals surface area contributed by atoms with Crippen molar-refractivity contribution in [2.24, 2.45) is 29.4 Å². The lowest BCUT2D eigenvalue weighted by Crippen LogP contribution is -2.45. The van der Waals surface area contributed by atoms with Crippen molar-refractivity contribution in [1.82, 2.24) is 10.2 Å². The van der Waals surface area contributed by atoms with Gasteiger partial charge in [0.1, 0.15) is 0 Å². The molecule has 1 aliphatic heterocycles. The predicted octanol–water partition coefficient (Wildman–Crippen LogP) is 3.06. The molecule has 12 heteroatoms. The van der Waals surface area contributed by atoms with Crippen molar-refractivity contribution in [2.45, 2.75) is 71.9 Å². The summed E-state index contributed by atoms with van der Waals surface area (Å²) in [6.45, 7) is 13.8. The number of amides is 1. The maximum absolute atomic E-state index is 13.0. The molecule has 1 fully saturated rings. The molecule has 1 heterocycles. The second-order valence-corrected chi connectivity index (χ2v) is 12.1. The number of rotatable bonds is 21. The molecular weight excluding hydrogens is 609 g/mol. The lowest BCUT2D eigenvalue weighted by molar-refractivity contribution is -0.127. The molecule has 0 spiro atoms. The van der Waals surface area contributed by atoms with Crippen LogP contribution in [0.5, 0.6) is 11.5 Å². The molecule has 1 amide bonds. The highest BCUT2D eigenvalue weighted by Crippen LogP contribution is 2.32. The lowest BCUT2D eigenvalue weighted by atomic mass is 9.81. The number of nitrogens with two attached hydrogens (primary N) is 1. The maximum Gasteiger partial charge on any atom is 0.223 e. The highest BCUT2D eigenvalue weighted by atomic mass is 35.5. The van der Waals surface area contributed by atoms with E-state index in [1.54, 1.807) is 0 Å². The van der Waals surface area contributed by atoms with Gasteiger partial charge in [-0.2, -0.15) is 0 Å². The van der Waals surface area contributed by atoms with Crippen molar-refractivity contribution in [3.8, 4) is 11.5 Å². The molecule has 2 rings (SSSR count). The number of aliphatic hydroxyl groups excluding tert-OH is 3. The summed E-state index contributed by atoms with van der Waals surface area (Å²) in [4.78, 5) is 15.3. The van der Waals surface area contributed by atoms with Gasteiger partial charge in [-0.1, -0.05) is 33.8 Å². The van der Waals surface area contributed by atoms with E-state index in [-0.39, 0.29) is 61.7 Å². The third-order valence-electron chi connectivity index (χ3n) is 8.11. The first-order chi connectivity index (χ1) is 20.2. The number of carbonyl (C=O) groups excluding carboxylic acids is 1. The third-order valence-corrected chi connectivity index (χ3v) is 8.11. The number of nitrogens with zero attached hydrogens (tertiary/aromatic N) is 1. The summed E-state index contributed by atoms with van der Waals surface area (Å²) in [6, 6.07) is 5.42. The van der Waals surface area contributed by atoms with Crippen molar-refractivity contribution in [3.63, 3.8) is 0 Å². The zero-order chi connectivity index (χ0) is 30.9. The van der Waals surface area contributed by atoms with Crippen LogP contribution in [0, 0.1) is 23.7 Å². The van der Waals surface area contributed by atoms with Crippen molar-refractivity contribution in [1.29, 1.82) is 0 Å². The number of ether oxygens (including phenoxy) is 3. The molecule has 44 heavy (non-hydrogen) atoms. The second kappa shape index (κ2) is 23.9. The van der Waals surface area contributed by atoms with Gasteiger partial charge in [-0.25, -0.2) is 0 Å². The van der Waals surface area contributed by atoms with Gasteiger partial charge in [0.05, 0.1) is 32.5 Å². The van der Waals surface area contributed by atoms with Crippen LogP contribution in [-0.2, 0) is 16.0 Å². The number of hydrogen-bond acceptors (Lipinski definition) is 9. The predicted molar refractivity (Wildman–Crippen MR) is 179 cm³/mol. The van der Waals surface area contributed by atoms with E-state index in [9.17, 15) is 9.90 Å². The van der Waals surface area contributed by atoms with Crippen LogP contribution in [-0.4, -0.2) is 104 Å². The molecule has 258 valence electrons. The second-order valence-electron chi connectivity index (χ2n) is 12.1. The van der Waals surface area contributed by atoms with E-state index in [4.69, 9.17) is 30.2 Å². The number of aliphatic hydroxyl groups is 3. The number of carbonyl (C=O) groups is 1. The summed E-state index contributed by atoms with van der Waals surface area (Å²) in [5.41, 5.74) is 7.64. The van der Waals surface area contributed by atoms with E-state index >= 15 is 0 Å². The standard InChI is InChI=1S/C32H57N3O7.2ClH/c1-23(2)26(19-25-7-8-30(41-15-5-13-36)31(20-25)42-16-6-14-37)21-28(33)29(38)22-27(24(3)4)32(39)34-9-10-35-11-17-40-18-12-35;;/h7-8,20,23-24,26-29,36-38H,5-6,9-19,21-22,33H2,1-4H3,(H,34,39);2*1H/t26-,27-,28-,29-;;/m0../s1. The molecule has 10 nitrogen and oxygen atoms in total. The van der Waals surface area contributed by atoms with Crippen LogP contribution >= 0.6 is 24.8 Å². The minimum atomic E-state index is -0.789. The molecule has 4 atom stereocenters. The molecule has 0 bridgehead atoms. The van der Waals surface area contributed by atoms with Gasteiger partial charge in [0.2, 0.25) is 5.91 Å². The molecule has 1 aromatic rings. The van der Waals surface area contributed by atoms with Gasteiger partial charge in [0.15, 0.2) is 11.5 Å². The number of benzene rings is 1. The average molecular weight is 669 g/mol. The molecule has 1 saturated heterocycles.